The Morgan fingerprint density at radius 2 is 2.09 bits per heavy atom. The maximum absolute atomic E-state index is 12.4. The number of hydrogen-bond donors (Lipinski definition) is 1. The highest BCUT2D eigenvalue weighted by Gasteiger charge is 2.16. The third kappa shape index (κ3) is 2.69. The molecule has 0 aliphatic heterocycles. The second kappa shape index (κ2) is 5.59. The molecular formula is C15H17N5O2. The van der Waals surface area contributed by atoms with Crippen LogP contribution in [0.4, 0.5) is 0 Å². The summed E-state index contributed by atoms with van der Waals surface area (Å²) in [6, 6.07) is 3.88. The molecule has 7 nitrogen and oxygen atoms in total. The third-order valence-electron chi connectivity index (χ3n) is 3.36. The zero-order valence-electron chi connectivity index (χ0n) is 12.8. The maximum Gasteiger partial charge on any atom is 0.270 e. The van der Waals surface area contributed by atoms with Gasteiger partial charge in [-0.25, -0.2) is 4.98 Å². The zero-order chi connectivity index (χ0) is 15.7. The Balaban J connectivity index is 1.74. The van der Waals surface area contributed by atoms with Gasteiger partial charge in [0, 0.05) is 26.1 Å². The average molecular weight is 299 g/mol. The zero-order valence-corrected chi connectivity index (χ0v) is 12.8. The van der Waals surface area contributed by atoms with Crippen LogP contribution in [-0.4, -0.2) is 32.0 Å². The van der Waals surface area contributed by atoms with Crippen LogP contribution >= 0.6 is 0 Å². The number of pyridine rings is 1. The van der Waals surface area contributed by atoms with Crippen molar-refractivity contribution in [1.29, 1.82) is 0 Å². The lowest BCUT2D eigenvalue weighted by molar-refractivity contribution is 0.0947. The van der Waals surface area contributed by atoms with Crippen LogP contribution in [0.25, 0.3) is 5.65 Å². The molecule has 0 radical (unpaired) electrons. The van der Waals surface area contributed by atoms with Crippen LogP contribution < -0.4 is 5.32 Å². The molecule has 0 saturated heterocycles. The predicted molar refractivity (Wildman–Crippen MR) is 79.7 cm³/mol. The van der Waals surface area contributed by atoms with E-state index in [0.29, 0.717) is 36.1 Å². The van der Waals surface area contributed by atoms with Gasteiger partial charge in [-0.3, -0.25) is 9.20 Å². The number of nitrogens with zero attached hydrogens (tertiary/aromatic N) is 4. The van der Waals surface area contributed by atoms with Gasteiger partial charge in [-0.1, -0.05) is 11.2 Å². The predicted octanol–water partition coefficient (Wildman–Crippen LogP) is 1.62. The molecule has 0 bridgehead atoms. The molecule has 3 aromatic heterocycles. The van der Waals surface area contributed by atoms with E-state index in [9.17, 15) is 4.79 Å². The monoisotopic (exact) mass is 299 g/mol. The minimum absolute atomic E-state index is 0.157. The van der Waals surface area contributed by atoms with Gasteiger partial charge in [0.15, 0.2) is 5.82 Å². The fraction of sp³-hybridized carbons (Fsp3) is 0.333. The van der Waals surface area contributed by atoms with E-state index in [2.05, 4.69) is 20.4 Å². The lowest BCUT2D eigenvalue weighted by Crippen LogP contribution is -2.27. The van der Waals surface area contributed by atoms with Gasteiger partial charge in [0.1, 0.15) is 11.3 Å². The lowest BCUT2D eigenvalue weighted by Gasteiger charge is -2.05. The van der Waals surface area contributed by atoms with Gasteiger partial charge in [-0.05, 0) is 25.5 Å². The second-order valence-electron chi connectivity index (χ2n) is 5.22. The van der Waals surface area contributed by atoms with Crippen molar-refractivity contribution in [3.8, 4) is 0 Å². The van der Waals surface area contributed by atoms with E-state index < -0.39 is 0 Å². The first-order chi connectivity index (χ1) is 10.5. The number of nitrogens with one attached hydrogen (secondary N) is 1. The van der Waals surface area contributed by atoms with Crippen molar-refractivity contribution in [2.75, 3.05) is 6.54 Å². The first kappa shape index (κ1) is 14.2. The van der Waals surface area contributed by atoms with Gasteiger partial charge < -0.3 is 9.84 Å². The summed E-state index contributed by atoms with van der Waals surface area (Å²) in [5.41, 5.74) is 3.10. The minimum Gasteiger partial charge on any atom is -0.350 e. The summed E-state index contributed by atoms with van der Waals surface area (Å²) in [6.07, 6.45) is 2.44. The van der Waals surface area contributed by atoms with E-state index in [-0.39, 0.29) is 5.91 Å². The molecule has 0 fully saturated rings. The third-order valence-corrected chi connectivity index (χ3v) is 3.36. The fourth-order valence-corrected chi connectivity index (χ4v) is 2.36. The SMILES string of the molecule is Cc1ccc2nc(C)c(C(=O)NCCc3noc(C)n3)n2c1. The van der Waals surface area contributed by atoms with Crippen molar-refractivity contribution in [2.24, 2.45) is 0 Å². The topological polar surface area (TPSA) is 85.3 Å². The molecule has 0 spiro atoms. The highest BCUT2D eigenvalue weighted by Crippen LogP contribution is 2.13. The maximum atomic E-state index is 12.4. The van der Waals surface area contributed by atoms with Gasteiger partial charge >= 0.3 is 0 Å². The van der Waals surface area contributed by atoms with Gasteiger partial charge in [-0.2, -0.15) is 4.98 Å². The average Bonchev–Trinajstić information content (AvgIpc) is 3.01. The number of hydrogen-bond acceptors (Lipinski definition) is 5. The Kier molecular flexibility index (Phi) is 3.62. The van der Waals surface area contributed by atoms with Gasteiger partial charge in [0.2, 0.25) is 5.89 Å². The Hall–Kier alpha value is -2.70. The highest BCUT2D eigenvalue weighted by atomic mass is 16.5. The van der Waals surface area contributed by atoms with Crippen LogP contribution in [0.3, 0.4) is 0 Å². The first-order valence-corrected chi connectivity index (χ1v) is 7.07. The molecule has 0 aliphatic rings. The van der Waals surface area contributed by atoms with Crippen molar-refractivity contribution in [2.45, 2.75) is 27.2 Å². The molecule has 0 saturated carbocycles. The van der Waals surface area contributed by atoms with Crippen molar-refractivity contribution >= 4 is 11.6 Å². The van der Waals surface area contributed by atoms with Crippen LogP contribution in [0.2, 0.25) is 0 Å². The molecule has 3 aromatic rings. The number of carbonyl (C=O) groups is 1. The van der Waals surface area contributed by atoms with E-state index in [1.165, 1.54) is 0 Å². The Morgan fingerprint density at radius 3 is 2.82 bits per heavy atom. The van der Waals surface area contributed by atoms with E-state index in [0.717, 1.165) is 11.2 Å². The smallest absolute Gasteiger partial charge is 0.270 e. The summed E-state index contributed by atoms with van der Waals surface area (Å²) in [7, 11) is 0. The quantitative estimate of drug-likeness (QED) is 0.791. The summed E-state index contributed by atoms with van der Waals surface area (Å²) < 4.78 is 6.71. The molecule has 3 heterocycles. The number of aromatic nitrogens is 4. The minimum atomic E-state index is -0.157. The van der Waals surface area contributed by atoms with Crippen LogP contribution in [0.15, 0.2) is 22.9 Å². The molecule has 1 N–H and O–H groups in total. The van der Waals surface area contributed by atoms with Crippen LogP contribution in [0, 0.1) is 20.8 Å². The molecule has 114 valence electrons. The van der Waals surface area contributed by atoms with E-state index in [4.69, 9.17) is 4.52 Å². The Morgan fingerprint density at radius 1 is 1.27 bits per heavy atom. The van der Waals surface area contributed by atoms with Gasteiger partial charge in [0.05, 0.1) is 5.69 Å². The van der Waals surface area contributed by atoms with Crippen molar-refractivity contribution in [3.05, 3.63) is 47.0 Å². The summed E-state index contributed by atoms with van der Waals surface area (Å²) in [6.45, 7) is 5.99. The summed E-state index contributed by atoms with van der Waals surface area (Å²) >= 11 is 0. The molecule has 3 rings (SSSR count). The Bertz CT molecular complexity index is 834. The number of rotatable bonds is 4. The molecule has 7 heteroatoms. The number of amides is 1. The van der Waals surface area contributed by atoms with E-state index in [1.807, 2.05) is 36.6 Å². The molecule has 0 unspecified atom stereocenters. The lowest BCUT2D eigenvalue weighted by atomic mass is 10.3. The Labute approximate surface area is 127 Å². The number of imidazole rings is 1. The molecule has 22 heavy (non-hydrogen) atoms. The number of fused-ring (bicyclic) bond motifs is 1. The van der Waals surface area contributed by atoms with Crippen molar-refractivity contribution in [1.82, 2.24) is 24.8 Å². The van der Waals surface area contributed by atoms with Crippen LogP contribution in [0.5, 0.6) is 0 Å². The first-order valence-electron chi connectivity index (χ1n) is 7.07. The van der Waals surface area contributed by atoms with Gasteiger partial charge in [-0.15, -0.1) is 0 Å². The summed E-state index contributed by atoms with van der Waals surface area (Å²) in [5.74, 6) is 0.953. The van der Waals surface area contributed by atoms with Gasteiger partial charge in [0.25, 0.3) is 5.91 Å². The standard InChI is InChI=1S/C15H17N5O2/c1-9-4-5-13-17-10(2)14(20(13)8-9)15(21)16-7-6-12-18-11(3)22-19-12/h4-5,8H,6-7H2,1-3H3,(H,16,21). The van der Waals surface area contributed by atoms with Crippen LogP contribution in [-0.2, 0) is 6.42 Å². The highest BCUT2D eigenvalue weighted by molar-refractivity contribution is 5.94. The molecule has 0 aromatic carbocycles. The second-order valence-corrected chi connectivity index (χ2v) is 5.22. The summed E-state index contributed by atoms with van der Waals surface area (Å²) in [4.78, 5) is 20.9. The van der Waals surface area contributed by atoms with Crippen molar-refractivity contribution < 1.29 is 9.32 Å². The molecular weight excluding hydrogens is 282 g/mol. The number of aryl methyl sites for hydroxylation is 3. The summed E-state index contributed by atoms with van der Waals surface area (Å²) in [5, 5.41) is 6.67. The molecule has 0 aliphatic carbocycles. The largest absolute Gasteiger partial charge is 0.350 e. The fourth-order valence-electron chi connectivity index (χ4n) is 2.36. The number of carbonyl (C=O) groups excluding carboxylic acids is 1. The normalized spacial score (nSPS) is 11.0. The van der Waals surface area contributed by atoms with E-state index >= 15 is 0 Å². The van der Waals surface area contributed by atoms with Crippen LogP contribution in [0.1, 0.15) is 33.5 Å². The van der Waals surface area contributed by atoms with Crippen molar-refractivity contribution in [3.63, 3.8) is 0 Å². The van der Waals surface area contributed by atoms with E-state index in [1.54, 1.807) is 6.92 Å². The molecule has 0 atom stereocenters. The molecule has 1 amide bonds.